The van der Waals surface area contributed by atoms with Gasteiger partial charge in [0, 0.05) is 18.1 Å². The van der Waals surface area contributed by atoms with E-state index in [-0.39, 0.29) is 24.1 Å². The third-order valence-electron chi connectivity index (χ3n) is 6.18. The largest absolute Gasteiger partial charge is 0.449 e. The van der Waals surface area contributed by atoms with Gasteiger partial charge >= 0.3 is 6.09 Å². The molecule has 0 aliphatic heterocycles. The van der Waals surface area contributed by atoms with Crippen molar-refractivity contribution < 1.29 is 19.2 Å². The lowest BCUT2D eigenvalue weighted by molar-refractivity contribution is -0.384. The molecule has 0 aromatic heterocycles. The summed E-state index contributed by atoms with van der Waals surface area (Å²) < 4.78 is 5.50. The Kier molecular flexibility index (Phi) is 8.68. The maximum atomic E-state index is 12.4. The van der Waals surface area contributed by atoms with Crippen LogP contribution in [0.1, 0.15) is 29.5 Å². The average molecular weight is 540 g/mol. The Hall–Kier alpha value is -3.56. The van der Waals surface area contributed by atoms with Crippen LogP contribution in [0.25, 0.3) is 11.1 Å². The number of nitro groups is 1. The van der Waals surface area contributed by atoms with Gasteiger partial charge < -0.3 is 15.4 Å². The standard InChI is InChI=1S/C27H26ClN3O5S/c1-17(26(32)29-16-37-13-12-18-10-11-19(31(34)35)14-25(18)28)30-27(33)36-15-24-22-8-4-2-6-20(22)21-7-3-5-9-23(21)24/h2-11,14,17,24H,12-13,15-16H2,1H3,(H,29,32)(H,30,33). The molecule has 1 aliphatic rings. The predicted molar refractivity (Wildman–Crippen MR) is 145 cm³/mol. The van der Waals surface area contributed by atoms with Crippen molar-refractivity contribution in [2.75, 3.05) is 18.2 Å². The lowest BCUT2D eigenvalue weighted by Gasteiger charge is -2.17. The van der Waals surface area contributed by atoms with E-state index >= 15 is 0 Å². The lowest BCUT2D eigenvalue weighted by atomic mass is 9.98. The number of halogens is 1. The number of non-ortho nitro benzene ring substituents is 1. The summed E-state index contributed by atoms with van der Waals surface area (Å²) in [6.07, 6.45) is -0.0461. The van der Waals surface area contributed by atoms with E-state index in [1.165, 1.54) is 23.9 Å². The Morgan fingerprint density at radius 1 is 1.08 bits per heavy atom. The summed E-state index contributed by atoms with van der Waals surface area (Å²) in [6.45, 7) is 1.77. The quantitative estimate of drug-likeness (QED) is 0.152. The first-order valence-corrected chi connectivity index (χ1v) is 13.3. The molecular formula is C27H26ClN3O5S. The summed E-state index contributed by atoms with van der Waals surface area (Å²) in [7, 11) is 0. The fraction of sp³-hybridized carbons (Fsp3) is 0.259. The molecule has 4 rings (SSSR count). The van der Waals surface area contributed by atoms with E-state index in [1.807, 2.05) is 36.4 Å². The molecular weight excluding hydrogens is 514 g/mol. The molecule has 2 amide bonds. The number of ether oxygens (including phenoxy) is 1. The first-order valence-electron chi connectivity index (χ1n) is 11.7. The van der Waals surface area contributed by atoms with E-state index < -0.39 is 17.1 Å². The molecule has 37 heavy (non-hydrogen) atoms. The number of fused-ring (bicyclic) bond motifs is 3. The molecule has 3 aromatic rings. The van der Waals surface area contributed by atoms with Crippen molar-refractivity contribution in [2.45, 2.75) is 25.3 Å². The fourth-order valence-electron chi connectivity index (χ4n) is 4.26. The van der Waals surface area contributed by atoms with Crippen LogP contribution in [0.2, 0.25) is 5.02 Å². The van der Waals surface area contributed by atoms with E-state index in [9.17, 15) is 19.7 Å². The number of nitrogens with one attached hydrogen (secondary N) is 2. The van der Waals surface area contributed by atoms with Crippen LogP contribution in [0.4, 0.5) is 10.5 Å². The normalized spacial score (nSPS) is 12.8. The molecule has 0 heterocycles. The highest BCUT2D eigenvalue weighted by atomic mass is 35.5. The zero-order valence-corrected chi connectivity index (χ0v) is 21.7. The Balaban J connectivity index is 1.18. The van der Waals surface area contributed by atoms with Crippen LogP contribution >= 0.6 is 23.4 Å². The number of rotatable bonds is 10. The topological polar surface area (TPSA) is 111 Å². The molecule has 0 saturated carbocycles. The number of amides is 2. The molecule has 0 bridgehead atoms. The predicted octanol–water partition coefficient (Wildman–Crippen LogP) is 5.52. The molecule has 10 heteroatoms. The molecule has 0 spiro atoms. The van der Waals surface area contributed by atoms with Crippen LogP contribution in [0, 0.1) is 10.1 Å². The number of nitrogens with zero attached hydrogens (tertiary/aromatic N) is 1. The van der Waals surface area contributed by atoms with Gasteiger partial charge in [0.05, 0.1) is 15.8 Å². The number of hydrogen-bond acceptors (Lipinski definition) is 6. The summed E-state index contributed by atoms with van der Waals surface area (Å²) in [4.78, 5) is 35.1. The van der Waals surface area contributed by atoms with E-state index in [0.29, 0.717) is 23.1 Å². The molecule has 3 aromatic carbocycles. The van der Waals surface area contributed by atoms with Gasteiger partial charge in [-0.2, -0.15) is 0 Å². The van der Waals surface area contributed by atoms with E-state index in [1.54, 1.807) is 13.0 Å². The number of carbonyl (C=O) groups excluding carboxylic acids is 2. The van der Waals surface area contributed by atoms with Gasteiger partial charge in [0.25, 0.3) is 5.69 Å². The van der Waals surface area contributed by atoms with Crippen molar-refractivity contribution >= 4 is 41.1 Å². The SMILES string of the molecule is CC(NC(=O)OCC1c2ccccc2-c2ccccc21)C(=O)NCSCCc1ccc([N+](=O)[O-])cc1Cl. The van der Waals surface area contributed by atoms with Crippen molar-refractivity contribution in [1.82, 2.24) is 10.6 Å². The first-order chi connectivity index (χ1) is 17.8. The molecule has 8 nitrogen and oxygen atoms in total. The summed E-state index contributed by atoms with van der Waals surface area (Å²) in [5, 5.41) is 16.5. The minimum absolute atomic E-state index is 0.0495. The fourth-order valence-corrected chi connectivity index (χ4v) is 5.29. The zero-order chi connectivity index (χ0) is 26.4. The van der Waals surface area contributed by atoms with Crippen molar-refractivity contribution in [3.8, 4) is 11.1 Å². The van der Waals surface area contributed by atoms with Gasteiger partial charge in [-0.1, -0.05) is 66.2 Å². The van der Waals surface area contributed by atoms with Crippen LogP contribution < -0.4 is 10.6 Å². The van der Waals surface area contributed by atoms with Crippen LogP contribution in [0.3, 0.4) is 0 Å². The second kappa shape index (κ2) is 12.1. The van der Waals surface area contributed by atoms with Crippen LogP contribution in [0.5, 0.6) is 0 Å². The number of benzene rings is 3. The number of carbonyl (C=O) groups is 2. The summed E-state index contributed by atoms with van der Waals surface area (Å²) in [5.41, 5.74) is 5.29. The Morgan fingerprint density at radius 2 is 1.73 bits per heavy atom. The maximum Gasteiger partial charge on any atom is 0.407 e. The molecule has 0 saturated heterocycles. The lowest BCUT2D eigenvalue weighted by Crippen LogP contribution is -2.45. The number of hydrogen-bond donors (Lipinski definition) is 2. The third kappa shape index (κ3) is 6.42. The van der Waals surface area contributed by atoms with Gasteiger partial charge in [-0.25, -0.2) is 4.79 Å². The summed E-state index contributed by atoms with van der Waals surface area (Å²) >= 11 is 7.59. The Labute approximate surface area is 223 Å². The summed E-state index contributed by atoms with van der Waals surface area (Å²) in [5.74, 6) is 0.629. The molecule has 1 aliphatic carbocycles. The number of thioether (sulfide) groups is 1. The second-order valence-corrected chi connectivity index (χ2v) is 10.1. The van der Waals surface area contributed by atoms with Crippen molar-refractivity contribution in [1.29, 1.82) is 0 Å². The van der Waals surface area contributed by atoms with Crippen LogP contribution in [0.15, 0.2) is 66.7 Å². The zero-order valence-electron chi connectivity index (χ0n) is 20.1. The van der Waals surface area contributed by atoms with Crippen molar-refractivity contribution in [3.05, 3.63) is 98.6 Å². The smallest absolute Gasteiger partial charge is 0.407 e. The Bertz CT molecular complexity index is 1270. The van der Waals surface area contributed by atoms with Crippen LogP contribution in [-0.4, -0.2) is 41.2 Å². The van der Waals surface area contributed by atoms with Crippen LogP contribution in [-0.2, 0) is 16.0 Å². The van der Waals surface area contributed by atoms with E-state index in [4.69, 9.17) is 16.3 Å². The van der Waals surface area contributed by atoms with E-state index in [0.717, 1.165) is 27.8 Å². The molecule has 1 atom stereocenters. The van der Waals surface area contributed by atoms with Gasteiger partial charge in [0.15, 0.2) is 0 Å². The molecule has 0 radical (unpaired) electrons. The van der Waals surface area contributed by atoms with Gasteiger partial charge in [0.1, 0.15) is 12.6 Å². The van der Waals surface area contributed by atoms with Gasteiger partial charge in [-0.3, -0.25) is 14.9 Å². The monoisotopic (exact) mass is 539 g/mol. The average Bonchev–Trinajstić information content (AvgIpc) is 3.21. The number of aryl methyl sites for hydroxylation is 1. The van der Waals surface area contributed by atoms with Crippen molar-refractivity contribution in [3.63, 3.8) is 0 Å². The highest BCUT2D eigenvalue weighted by Gasteiger charge is 2.29. The molecule has 1 unspecified atom stereocenters. The van der Waals surface area contributed by atoms with Gasteiger partial charge in [0.2, 0.25) is 5.91 Å². The Morgan fingerprint density at radius 3 is 2.35 bits per heavy atom. The maximum absolute atomic E-state index is 12.4. The first kappa shape index (κ1) is 26.5. The molecule has 0 fully saturated rings. The molecule has 2 N–H and O–H groups in total. The minimum Gasteiger partial charge on any atom is -0.449 e. The highest BCUT2D eigenvalue weighted by molar-refractivity contribution is 7.99. The van der Waals surface area contributed by atoms with Gasteiger partial charge in [-0.15, -0.1) is 11.8 Å². The third-order valence-corrected chi connectivity index (χ3v) is 7.38. The molecule has 192 valence electrons. The minimum atomic E-state index is -0.764. The number of alkyl carbamates (subject to hydrolysis) is 1. The second-order valence-electron chi connectivity index (χ2n) is 8.57. The summed E-state index contributed by atoms with van der Waals surface area (Å²) in [6, 6.07) is 19.8. The van der Waals surface area contributed by atoms with Gasteiger partial charge in [-0.05, 0) is 46.9 Å². The number of nitro benzene ring substituents is 1. The highest BCUT2D eigenvalue weighted by Crippen LogP contribution is 2.44. The van der Waals surface area contributed by atoms with Crippen molar-refractivity contribution in [2.24, 2.45) is 0 Å². The van der Waals surface area contributed by atoms with E-state index in [2.05, 4.69) is 22.8 Å².